The molecule has 0 radical (unpaired) electrons. The molecule has 0 unspecified atom stereocenters. The Morgan fingerprint density at radius 3 is 2.61 bits per heavy atom. The van der Waals surface area contributed by atoms with Gasteiger partial charge in [-0.3, -0.25) is 9.59 Å². The Kier molecular flexibility index (Phi) is 4.25. The van der Waals surface area contributed by atoms with Crippen LogP contribution >= 0.6 is 15.9 Å². The molecule has 116 valence electrons. The van der Waals surface area contributed by atoms with E-state index in [1.165, 1.54) is 4.68 Å². The van der Waals surface area contributed by atoms with Gasteiger partial charge in [-0.15, -0.1) is 0 Å². The number of benzene rings is 2. The van der Waals surface area contributed by atoms with Crippen LogP contribution in [0.1, 0.15) is 13.0 Å². The molecule has 6 heteroatoms. The van der Waals surface area contributed by atoms with Gasteiger partial charge < -0.3 is 5.32 Å². The van der Waals surface area contributed by atoms with Crippen LogP contribution in [-0.2, 0) is 4.79 Å². The van der Waals surface area contributed by atoms with Crippen molar-refractivity contribution in [2.24, 2.45) is 0 Å². The van der Waals surface area contributed by atoms with E-state index in [1.54, 1.807) is 37.4 Å². The van der Waals surface area contributed by atoms with Gasteiger partial charge in [0.05, 0.1) is 11.6 Å². The molecular formula is C17H14BrN3O2. The van der Waals surface area contributed by atoms with E-state index in [1.807, 2.05) is 24.3 Å². The Bertz CT molecular complexity index is 919. The van der Waals surface area contributed by atoms with Gasteiger partial charge in [-0.25, -0.2) is 4.68 Å². The zero-order valence-electron chi connectivity index (χ0n) is 12.4. The number of halogens is 1. The maximum absolute atomic E-state index is 12.5. The van der Waals surface area contributed by atoms with Gasteiger partial charge in [0.15, 0.2) is 0 Å². The number of fused-ring (bicyclic) bond motifs is 1. The van der Waals surface area contributed by atoms with Crippen LogP contribution in [0.2, 0.25) is 0 Å². The number of anilines is 1. The van der Waals surface area contributed by atoms with E-state index in [-0.39, 0.29) is 11.5 Å². The van der Waals surface area contributed by atoms with Crippen molar-refractivity contribution in [1.29, 1.82) is 0 Å². The molecule has 0 saturated heterocycles. The van der Waals surface area contributed by atoms with Crippen LogP contribution < -0.4 is 10.9 Å². The number of nitrogens with zero attached hydrogens (tertiary/aromatic N) is 2. The summed E-state index contributed by atoms with van der Waals surface area (Å²) in [5, 5.41) is 8.21. The first-order chi connectivity index (χ1) is 11.1. The van der Waals surface area contributed by atoms with Crippen LogP contribution in [0.15, 0.2) is 64.0 Å². The molecule has 0 aliphatic rings. The van der Waals surface area contributed by atoms with Crippen molar-refractivity contribution < 1.29 is 4.79 Å². The van der Waals surface area contributed by atoms with Gasteiger partial charge in [0, 0.05) is 15.5 Å². The van der Waals surface area contributed by atoms with Crippen molar-refractivity contribution in [3.63, 3.8) is 0 Å². The lowest BCUT2D eigenvalue weighted by atomic mass is 10.2. The predicted molar refractivity (Wildman–Crippen MR) is 93.5 cm³/mol. The summed E-state index contributed by atoms with van der Waals surface area (Å²) in [5.41, 5.74) is 0.389. The predicted octanol–water partition coefficient (Wildman–Crippen LogP) is 3.36. The highest BCUT2D eigenvalue weighted by Crippen LogP contribution is 2.16. The van der Waals surface area contributed by atoms with E-state index < -0.39 is 6.04 Å². The molecule has 2 aromatic carbocycles. The number of rotatable bonds is 3. The highest BCUT2D eigenvalue weighted by Gasteiger charge is 2.18. The van der Waals surface area contributed by atoms with E-state index in [4.69, 9.17) is 0 Å². The monoisotopic (exact) mass is 371 g/mol. The summed E-state index contributed by atoms with van der Waals surface area (Å²) in [4.78, 5) is 24.8. The fraction of sp³-hybridized carbons (Fsp3) is 0.118. The molecule has 23 heavy (non-hydrogen) atoms. The third-order valence-electron chi connectivity index (χ3n) is 3.58. The largest absolute Gasteiger partial charge is 0.324 e. The minimum atomic E-state index is -0.712. The Labute approximate surface area is 141 Å². The molecule has 1 amide bonds. The van der Waals surface area contributed by atoms with E-state index in [9.17, 15) is 9.59 Å². The Morgan fingerprint density at radius 2 is 1.87 bits per heavy atom. The lowest BCUT2D eigenvalue weighted by Crippen LogP contribution is -2.33. The van der Waals surface area contributed by atoms with Gasteiger partial charge in [-0.2, -0.15) is 5.10 Å². The van der Waals surface area contributed by atoms with Crippen molar-refractivity contribution in [3.8, 4) is 0 Å². The normalized spacial score (nSPS) is 12.1. The lowest BCUT2D eigenvalue weighted by molar-refractivity contribution is -0.119. The van der Waals surface area contributed by atoms with Gasteiger partial charge in [0.2, 0.25) is 5.91 Å². The Morgan fingerprint density at radius 1 is 1.17 bits per heavy atom. The second-order valence-electron chi connectivity index (χ2n) is 5.15. The van der Waals surface area contributed by atoms with Crippen molar-refractivity contribution >= 4 is 38.3 Å². The quantitative estimate of drug-likeness (QED) is 0.767. The molecule has 1 atom stereocenters. The summed E-state index contributed by atoms with van der Waals surface area (Å²) in [6.07, 6.45) is 1.60. The van der Waals surface area contributed by atoms with Crippen molar-refractivity contribution in [2.45, 2.75) is 13.0 Å². The third-order valence-corrected chi connectivity index (χ3v) is 4.11. The zero-order chi connectivity index (χ0) is 16.4. The maximum atomic E-state index is 12.5. The zero-order valence-corrected chi connectivity index (χ0v) is 13.9. The number of hydrogen-bond donors (Lipinski definition) is 1. The number of carbonyl (C=O) groups is 1. The van der Waals surface area contributed by atoms with E-state index in [2.05, 4.69) is 26.3 Å². The highest BCUT2D eigenvalue weighted by molar-refractivity contribution is 9.10. The highest BCUT2D eigenvalue weighted by atomic mass is 79.9. The van der Waals surface area contributed by atoms with Crippen molar-refractivity contribution in [2.75, 3.05) is 5.32 Å². The standard InChI is InChI=1S/C17H14BrN3O2/c1-11(16(22)20-14-8-6-13(18)7-9-14)21-17(23)15-5-3-2-4-12(15)10-19-21/h2-11H,1H3,(H,20,22)/t11-/m1/s1. The summed E-state index contributed by atoms with van der Waals surface area (Å²) in [6, 6.07) is 13.7. The summed E-state index contributed by atoms with van der Waals surface area (Å²) < 4.78 is 2.13. The molecule has 0 fully saturated rings. The topological polar surface area (TPSA) is 64.0 Å². The van der Waals surface area contributed by atoms with Gasteiger partial charge >= 0.3 is 0 Å². The minimum Gasteiger partial charge on any atom is -0.324 e. The summed E-state index contributed by atoms with van der Waals surface area (Å²) in [7, 11) is 0. The van der Waals surface area contributed by atoms with Crippen LogP contribution in [0, 0.1) is 0 Å². The Hall–Kier alpha value is -2.47. The van der Waals surface area contributed by atoms with E-state index in [0.29, 0.717) is 11.1 Å². The molecule has 0 spiro atoms. The van der Waals surface area contributed by atoms with Gasteiger partial charge in [-0.05, 0) is 37.3 Å². The molecule has 0 aliphatic heterocycles. The SMILES string of the molecule is C[C@H](C(=O)Nc1ccc(Br)cc1)n1ncc2ccccc2c1=O. The second kappa shape index (κ2) is 6.34. The van der Waals surface area contributed by atoms with Crippen LogP contribution in [0.3, 0.4) is 0 Å². The molecule has 1 aromatic heterocycles. The molecule has 0 saturated carbocycles. The third kappa shape index (κ3) is 3.17. The number of aromatic nitrogens is 2. The average molecular weight is 372 g/mol. The Balaban J connectivity index is 1.89. The van der Waals surface area contributed by atoms with Crippen LogP contribution in [0.5, 0.6) is 0 Å². The van der Waals surface area contributed by atoms with E-state index in [0.717, 1.165) is 9.86 Å². The molecule has 0 aliphatic carbocycles. The minimum absolute atomic E-state index is 0.276. The first-order valence-electron chi connectivity index (χ1n) is 7.09. The first-order valence-corrected chi connectivity index (χ1v) is 7.88. The molecule has 5 nitrogen and oxygen atoms in total. The van der Waals surface area contributed by atoms with Crippen molar-refractivity contribution in [1.82, 2.24) is 9.78 Å². The number of carbonyl (C=O) groups excluding carboxylic acids is 1. The maximum Gasteiger partial charge on any atom is 0.275 e. The number of amides is 1. The average Bonchev–Trinajstić information content (AvgIpc) is 2.57. The first kappa shape index (κ1) is 15.4. The molecule has 1 N–H and O–H groups in total. The summed E-state index contributed by atoms with van der Waals surface area (Å²) in [5.74, 6) is -0.294. The molecule has 3 aromatic rings. The van der Waals surface area contributed by atoms with Crippen LogP contribution in [-0.4, -0.2) is 15.7 Å². The fourth-order valence-corrected chi connectivity index (χ4v) is 2.54. The van der Waals surface area contributed by atoms with Crippen LogP contribution in [0.4, 0.5) is 5.69 Å². The van der Waals surface area contributed by atoms with Gasteiger partial charge in [0.1, 0.15) is 6.04 Å². The lowest BCUT2D eigenvalue weighted by Gasteiger charge is -2.14. The number of nitrogens with one attached hydrogen (secondary N) is 1. The summed E-state index contributed by atoms with van der Waals surface area (Å²) in [6.45, 7) is 1.65. The van der Waals surface area contributed by atoms with Gasteiger partial charge in [-0.1, -0.05) is 34.1 Å². The molecule has 0 bridgehead atoms. The fourth-order valence-electron chi connectivity index (χ4n) is 2.27. The second-order valence-corrected chi connectivity index (χ2v) is 6.07. The molecule has 3 rings (SSSR count). The van der Waals surface area contributed by atoms with Crippen molar-refractivity contribution in [3.05, 3.63) is 69.6 Å². The molecular weight excluding hydrogens is 358 g/mol. The van der Waals surface area contributed by atoms with E-state index >= 15 is 0 Å². The smallest absolute Gasteiger partial charge is 0.275 e. The van der Waals surface area contributed by atoms with Crippen LogP contribution in [0.25, 0.3) is 10.8 Å². The summed E-state index contributed by atoms with van der Waals surface area (Å²) >= 11 is 3.34. The van der Waals surface area contributed by atoms with Gasteiger partial charge in [0.25, 0.3) is 5.56 Å². The number of hydrogen-bond acceptors (Lipinski definition) is 3. The molecule has 1 heterocycles.